The summed E-state index contributed by atoms with van der Waals surface area (Å²) in [6, 6.07) is 7.08. The Morgan fingerprint density at radius 3 is 2.17 bits per heavy atom. The van der Waals surface area contributed by atoms with Crippen LogP contribution in [-0.4, -0.2) is 90.1 Å². The first kappa shape index (κ1) is 46.7. The van der Waals surface area contributed by atoms with Gasteiger partial charge in [-0.2, -0.15) is 8.42 Å². The second kappa shape index (κ2) is 21.8. The molecule has 12 heteroatoms. The van der Waals surface area contributed by atoms with Gasteiger partial charge in [-0.3, -0.25) is 4.18 Å². The van der Waals surface area contributed by atoms with Crippen LogP contribution < -0.4 is 0 Å². The zero-order valence-electron chi connectivity index (χ0n) is 34.2. The fourth-order valence-electron chi connectivity index (χ4n) is 7.86. The summed E-state index contributed by atoms with van der Waals surface area (Å²) in [5.41, 5.74) is 2.59. The summed E-state index contributed by atoms with van der Waals surface area (Å²) < 4.78 is 81.9. The highest BCUT2D eigenvalue weighted by Gasteiger charge is 2.45. The van der Waals surface area contributed by atoms with Gasteiger partial charge in [0.25, 0.3) is 10.1 Å². The van der Waals surface area contributed by atoms with Crippen molar-refractivity contribution in [2.75, 3.05) is 25.2 Å². The van der Waals surface area contributed by atoms with Gasteiger partial charge in [0.05, 0.1) is 53.5 Å². The molecule has 2 aliphatic rings. The number of hydrogen-bond donors (Lipinski definition) is 1. The van der Waals surface area contributed by atoms with Crippen LogP contribution in [0, 0.1) is 23.7 Å². The molecule has 0 radical (unpaired) electrons. The van der Waals surface area contributed by atoms with Crippen LogP contribution >= 0.6 is 0 Å². The molecule has 0 unspecified atom stereocenters. The molecule has 2 heterocycles. The fourth-order valence-corrected chi connectivity index (χ4v) is 10.3. The van der Waals surface area contributed by atoms with Gasteiger partial charge in [-0.25, -0.2) is 8.42 Å². The first-order valence-electron chi connectivity index (χ1n) is 20.2. The van der Waals surface area contributed by atoms with Gasteiger partial charge in [0.2, 0.25) is 0 Å². The lowest BCUT2D eigenvalue weighted by atomic mass is 9.83. The number of benzene rings is 1. The maximum atomic E-state index is 13.7. The van der Waals surface area contributed by atoms with Crippen LogP contribution in [0.4, 0.5) is 0 Å². The van der Waals surface area contributed by atoms with E-state index >= 15 is 0 Å². The number of aliphatic hydroxyl groups excluding tert-OH is 1. The molecule has 0 saturated carbocycles. The van der Waals surface area contributed by atoms with Crippen LogP contribution in [0.1, 0.15) is 112 Å². The molecule has 0 bridgehead atoms. The van der Waals surface area contributed by atoms with E-state index in [2.05, 4.69) is 33.9 Å². The van der Waals surface area contributed by atoms with Crippen molar-refractivity contribution in [3.63, 3.8) is 0 Å². The average molecular weight is 799 g/mol. The van der Waals surface area contributed by atoms with Gasteiger partial charge in [-0.1, -0.05) is 66.3 Å². The first-order chi connectivity index (χ1) is 25.4. The molecule has 3 rings (SSSR count). The molecule has 1 aromatic rings. The maximum Gasteiger partial charge on any atom is 0.264 e. The molecule has 0 spiro atoms. The summed E-state index contributed by atoms with van der Waals surface area (Å²) in [5.74, 6) is -0.304. The lowest BCUT2D eigenvalue weighted by Crippen LogP contribution is -2.32. The van der Waals surface area contributed by atoms with Gasteiger partial charge in [0.1, 0.15) is 0 Å². The number of ether oxygens (including phenoxy) is 4. The topological polar surface area (TPSA) is 135 Å². The van der Waals surface area contributed by atoms with E-state index in [0.717, 1.165) is 49.5 Å². The molecule has 310 valence electrons. The van der Waals surface area contributed by atoms with Crippen molar-refractivity contribution in [3.8, 4) is 0 Å². The van der Waals surface area contributed by atoms with Crippen molar-refractivity contribution in [2.45, 2.75) is 160 Å². The lowest BCUT2D eigenvalue weighted by molar-refractivity contribution is -0.144. The van der Waals surface area contributed by atoms with E-state index in [0.29, 0.717) is 55.3 Å². The van der Waals surface area contributed by atoms with E-state index in [1.54, 1.807) is 12.1 Å². The highest BCUT2D eigenvalue weighted by Crippen LogP contribution is 2.41. The predicted octanol–water partition coefficient (Wildman–Crippen LogP) is 7.83. The first-order valence-corrected chi connectivity index (χ1v) is 23.7. The lowest BCUT2D eigenvalue weighted by Gasteiger charge is -2.28. The van der Waals surface area contributed by atoms with Crippen LogP contribution in [0.3, 0.4) is 0 Å². The monoisotopic (exact) mass is 798 g/mol. The maximum absolute atomic E-state index is 13.7. The molecule has 1 N–H and O–H groups in total. The van der Waals surface area contributed by atoms with E-state index in [4.69, 9.17) is 23.1 Å². The number of sulfone groups is 1. The second-order valence-electron chi connectivity index (χ2n) is 15.8. The predicted molar refractivity (Wildman–Crippen MR) is 214 cm³/mol. The molecule has 0 aliphatic carbocycles. The van der Waals surface area contributed by atoms with Crippen LogP contribution in [0.25, 0.3) is 0 Å². The molecular formula is C42H70O10S2. The molecule has 10 atom stereocenters. The Hall–Kier alpha value is -1.64. The second-order valence-corrected chi connectivity index (χ2v) is 19.4. The summed E-state index contributed by atoms with van der Waals surface area (Å²) in [7, 11) is -7.39. The summed E-state index contributed by atoms with van der Waals surface area (Å²) in [6.45, 7) is 23.8. The third-order valence-corrected chi connectivity index (χ3v) is 13.9. The number of aliphatic hydroxyl groups is 1. The normalized spacial score (nSPS) is 25.9. The molecule has 54 heavy (non-hydrogen) atoms. The minimum absolute atomic E-state index is 0.0141. The molecular weight excluding hydrogens is 729 g/mol. The third-order valence-electron chi connectivity index (χ3n) is 11.4. The van der Waals surface area contributed by atoms with E-state index in [1.807, 2.05) is 39.8 Å². The molecule has 2 aliphatic heterocycles. The smallest absolute Gasteiger partial charge is 0.264 e. The van der Waals surface area contributed by atoms with E-state index in [-0.39, 0.29) is 54.5 Å². The van der Waals surface area contributed by atoms with Gasteiger partial charge >= 0.3 is 0 Å². The summed E-state index contributed by atoms with van der Waals surface area (Å²) in [5, 5.41) is 11.6. The van der Waals surface area contributed by atoms with Gasteiger partial charge < -0.3 is 24.1 Å². The average Bonchev–Trinajstić information content (AvgIpc) is 3.61. The van der Waals surface area contributed by atoms with E-state index < -0.39 is 38.3 Å². The Morgan fingerprint density at radius 2 is 1.59 bits per heavy atom. The molecule has 1 aromatic carbocycles. The SMILES string of the molecule is C=C1C[C@H](CCC(OCC)OCC)O[C@H]1CC[C@H](C[C@H](C)C(=C)[C@H](O)C[C@@H]1O[C@H](C[C@H](C)CC)[C@H](C)[C@H]1CS(=O)(=O)c1ccc(CC)cc1)OS(C)(=O)=O. The zero-order valence-corrected chi connectivity index (χ0v) is 35.8. The van der Waals surface area contributed by atoms with Crippen LogP contribution in [-0.2, 0) is 49.5 Å². The van der Waals surface area contributed by atoms with Crippen LogP contribution in [0.5, 0.6) is 0 Å². The van der Waals surface area contributed by atoms with Gasteiger partial charge in [-0.05, 0) is 105 Å². The van der Waals surface area contributed by atoms with Crippen molar-refractivity contribution in [1.29, 1.82) is 0 Å². The van der Waals surface area contributed by atoms with Gasteiger partial charge in [-0.15, -0.1) is 0 Å². The molecule has 0 aromatic heterocycles. The molecule has 10 nitrogen and oxygen atoms in total. The van der Waals surface area contributed by atoms with E-state index in [9.17, 15) is 21.9 Å². The molecule has 0 amide bonds. The fraction of sp³-hybridized carbons (Fsp3) is 0.762. The van der Waals surface area contributed by atoms with Crippen molar-refractivity contribution in [2.24, 2.45) is 23.7 Å². The van der Waals surface area contributed by atoms with Crippen molar-refractivity contribution < 1.29 is 45.1 Å². The largest absolute Gasteiger partial charge is 0.389 e. The Morgan fingerprint density at radius 1 is 0.944 bits per heavy atom. The third kappa shape index (κ3) is 14.4. The standard InChI is InChI=1S/C42H70O10S2/c1-11-28(5)23-40-32(9)37(27-54(46,47)36-19-15-33(12-2)16-20-36)41(51-40)26-38(43)31(8)29(6)24-35(52-53(10,44)45)17-21-39-30(7)25-34(50-39)18-22-42(48-13-3)49-14-4/h15-16,19-20,28-29,32,34-35,37-43H,7-8,11-14,17-18,21-27H2,1-6,9-10H3/t28-,29+,32-,34+,35-,37-,38-,39+,40-,41+/m1/s1. The minimum atomic E-state index is -3.77. The van der Waals surface area contributed by atoms with Gasteiger partial charge in [0, 0.05) is 32.0 Å². The highest BCUT2D eigenvalue weighted by atomic mass is 32.2. The van der Waals surface area contributed by atoms with Crippen LogP contribution in [0.15, 0.2) is 53.5 Å². The number of rotatable bonds is 25. The number of hydrogen-bond acceptors (Lipinski definition) is 10. The van der Waals surface area contributed by atoms with E-state index in [1.165, 1.54) is 0 Å². The minimum Gasteiger partial charge on any atom is -0.389 e. The van der Waals surface area contributed by atoms with Gasteiger partial charge in [0.15, 0.2) is 16.1 Å². The zero-order chi connectivity index (χ0) is 40.2. The quantitative estimate of drug-likeness (QED) is 0.0593. The summed E-state index contributed by atoms with van der Waals surface area (Å²) in [6.07, 6.45) is 4.58. The van der Waals surface area contributed by atoms with Crippen molar-refractivity contribution in [1.82, 2.24) is 0 Å². The molecule has 2 saturated heterocycles. The summed E-state index contributed by atoms with van der Waals surface area (Å²) in [4.78, 5) is 0.297. The van der Waals surface area contributed by atoms with Crippen LogP contribution in [0.2, 0.25) is 0 Å². The highest BCUT2D eigenvalue weighted by molar-refractivity contribution is 7.91. The number of aryl methyl sites for hydroxylation is 1. The molecule has 2 fully saturated rings. The Balaban J connectivity index is 1.66. The van der Waals surface area contributed by atoms with Crippen molar-refractivity contribution >= 4 is 20.0 Å². The van der Waals surface area contributed by atoms with Crippen molar-refractivity contribution in [3.05, 3.63) is 54.1 Å². The summed E-state index contributed by atoms with van der Waals surface area (Å²) >= 11 is 0. The Labute approximate surface area is 327 Å². The Kier molecular flexibility index (Phi) is 18.8. The Bertz CT molecular complexity index is 1520.